The van der Waals surface area contributed by atoms with Crippen LogP contribution in [-0.2, 0) is 0 Å². The highest BCUT2D eigenvalue weighted by Crippen LogP contribution is 2.23. The summed E-state index contributed by atoms with van der Waals surface area (Å²) in [6.07, 6.45) is 0. The predicted octanol–water partition coefficient (Wildman–Crippen LogP) is 1.55. The van der Waals surface area contributed by atoms with Gasteiger partial charge < -0.3 is 10.2 Å². The summed E-state index contributed by atoms with van der Waals surface area (Å²) in [5.41, 5.74) is 2.33. The van der Waals surface area contributed by atoms with E-state index in [0.717, 1.165) is 37.7 Å². The summed E-state index contributed by atoms with van der Waals surface area (Å²) in [6, 6.07) is 4.24. The molecule has 0 amide bonds. The van der Waals surface area contributed by atoms with E-state index in [1.165, 1.54) is 5.56 Å². The summed E-state index contributed by atoms with van der Waals surface area (Å²) in [7, 11) is 0. The zero-order valence-corrected chi connectivity index (χ0v) is 9.76. The van der Waals surface area contributed by atoms with Gasteiger partial charge in [-0.2, -0.15) is 16.4 Å². The molecular weight excluding hydrogens is 220 g/mol. The second kappa shape index (κ2) is 4.27. The third-order valence-electron chi connectivity index (χ3n) is 2.84. The highest BCUT2D eigenvalue weighted by molar-refractivity contribution is 7.08. The topological polar surface area (TPSA) is 44.0 Å². The number of nitrogens with zero attached hydrogens (tertiary/aromatic N) is 2. The number of hydrogen-bond acceptors (Lipinski definition) is 4. The van der Waals surface area contributed by atoms with Gasteiger partial charge in [-0.1, -0.05) is 0 Å². The molecule has 3 rings (SSSR count). The van der Waals surface area contributed by atoms with E-state index in [1.807, 2.05) is 0 Å². The maximum absolute atomic E-state index is 4.37. The van der Waals surface area contributed by atoms with Crippen molar-refractivity contribution in [3.63, 3.8) is 0 Å². The molecule has 4 nitrogen and oxygen atoms in total. The van der Waals surface area contributed by atoms with E-state index in [1.54, 1.807) is 11.3 Å². The molecule has 1 aliphatic rings. The van der Waals surface area contributed by atoms with E-state index in [4.69, 9.17) is 0 Å². The van der Waals surface area contributed by atoms with Gasteiger partial charge in [0.05, 0.1) is 5.69 Å². The fraction of sp³-hybridized carbons (Fsp3) is 0.364. The molecule has 16 heavy (non-hydrogen) atoms. The van der Waals surface area contributed by atoms with Crippen molar-refractivity contribution in [2.45, 2.75) is 0 Å². The maximum atomic E-state index is 4.37. The molecule has 1 saturated heterocycles. The average molecular weight is 234 g/mol. The molecule has 2 aromatic rings. The normalized spacial score (nSPS) is 16.6. The maximum Gasteiger partial charge on any atom is 0.151 e. The molecule has 84 valence electrons. The Bertz CT molecular complexity index is 442. The van der Waals surface area contributed by atoms with Gasteiger partial charge in [0.1, 0.15) is 0 Å². The van der Waals surface area contributed by atoms with E-state index in [2.05, 4.69) is 43.3 Å². The number of aromatic nitrogens is 2. The van der Waals surface area contributed by atoms with Gasteiger partial charge in [0.15, 0.2) is 5.82 Å². The van der Waals surface area contributed by atoms with E-state index in [-0.39, 0.29) is 0 Å². The predicted molar refractivity (Wildman–Crippen MR) is 67.0 cm³/mol. The van der Waals surface area contributed by atoms with Crippen LogP contribution in [-0.4, -0.2) is 36.4 Å². The minimum Gasteiger partial charge on any atom is -0.353 e. The van der Waals surface area contributed by atoms with Gasteiger partial charge in [-0.25, -0.2) is 0 Å². The summed E-state index contributed by atoms with van der Waals surface area (Å²) in [6.45, 7) is 4.16. The number of nitrogens with one attached hydrogen (secondary N) is 2. The lowest BCUT2D eigenvalue weighted by molar-refractivity contribution is 0.584. The molecule has 0 aromatic carbocycles. The van der Waals surface area contributed by atoms with E-state index < -0.39 is 0 Å². The molecule has 0 radical (unpaired) electrons. The average Bonchev–Trinajstić information content (AvgIpc) is 3.01. The second-order valence-electron chi connectivity index (χ2n) is 3.89. The third kappa shape index (κ3) is 1.83. The van der Waals surface area contributed by atoms with E-state index in [9.17, 15) is 0 Å². The highest BCUT2D eigenvalue weighted by Gasteiger charge is 2.13. The molecule has 2 N–H and O–H groups in total. The Labute approximate surface area is 98.3 Å². The Morgan fingerprint density at radius 3 is 2.94 bits per heavy atom. The third-order valence-corrected chi connectivity index (χ3v) is 3.52. The van der Waals surface area contributed by atoms with Crippen LogP contribution in [0.1, 0.15) is 0 Å². The highest BCUT2D eigenvalue weighted by atomic mass is 32.1. The number of hydrogen-bond donors (Lipinski definition) is 2. The first kappa shape index (κ1) is 9.86. The lowest BCUT2D eigenvalue weighted by atomic mass is 10.2. The van der Waals surface area contributed by atoms with Crippen LogP contribution in [0.25, 0.3) is 11.3 Å². The SMILES string of the molecule is c1cc(-c2cc(N3CCNCC3)n[nH]2)cs1. The van der Waals surface area contributed by atoms with E-state index >= 15 is 0 Å². The van der Waals surface area contributed by atoms with Crippen LogP contribution in [0.5, 0.6) is 0 Å². The van der Waals surface area contributed by atoms with Crippen LogP contribution in [0.3, 0.4) is 0 Å². The van der Waals surface area contributed by atoms with Gasteiger partial charge in [0.25, 0.3) is 0 Å². The summed E-state index contributed by atoms with van der Waals surface area (Å²) < 4.78 is 0. The number of thiophene rings is 1. The summed E-state index contributed by atoms with van der Waals surface area (Å²) in [5, 5.41) is 15.0. The van der Waals surface area contributed by atoms with Crippen LogP contribution in [0, 0.1) is 0 Å². The molecule has 0 unspecified atom stereocenters. The van der Waals surface area contributed by atoms with Crippen LogP contribution in [0.15, 0.2) is 22.9 Å². The van der Waals surface area contributed by atoms with Crippen molar-refractivity contribution < 1.29 is 0 Å². The largest absolute Gasteiger partial charge is 0.353 e. The number of piperazine rings is 1. The molecule has 1 aliphatic heterocycles. The second-order valence-corrected chi connectivity index (χ2v) is 4.67. The van der Waals surface area contributed by atoms with Crippen molar-refractivity contribution in [1.82, 2.24) is 15.5 Å². The Balaban J connectivity index is 1.82. The summed E-state index contributed by atoms with van der Waals surface area (Å²) in [5.74, 6) is 1.06. The molecule has 1 fully saturated rings. The molecule has 3 heterocycles. The summed E-state index contributed by atoms with van der Waals surface area (Å²) in [4.78, 5) is 2.31. The molecule has 0 spiro atoms. The fourth-order valence-corrected chi connectivity index (χ4v) is 2.59. The van der Waals surface area contributed by atoms with Crippen LogP contribution >= 0.6 is 11.3 Å². The molecule has 0 atom stereocenters. The number of anilines is 1. The summed E-state index contributed by atoms with van der Waals surface area (Å²) >= 11 is 1.71. The van der Waals surface area contributed by atoms with Crippen molar-refractivity contribution in [3.8, 4) is 11.3 Å². The van der Waals surface area contributed by atoms with Gasteiger partial charge in [-0.15, -0.1) is 0 Å². The van der Waals surface area contributed by atoms with Crippen molar-refractivity contribution in [3.05, 3.63) is 22.9 Å². The number of H-pyrrole nitrogens is 1. The van der Waals surface area contributed by atoms with Crippen molar-refractivity contribution in [2.24, 2.45) is 0 Å². The quantitative estimate of drug-likeness (QED) is 0.828. The fourth-order valence-electron chi connectivity index (χ4n) is 1.93. The minimum absolute atomic E-state index is 1.04. The molecule has 5 heteroatoms. The van der Waals surface area contributed by atoms with Gasteiger partial charge in [-0.05, 0) is 11.4 Å². The Hall–Kier alpha value is -1.33. The van der Waals surface area contributed by atoms with Gasteiger partial charge in [0, 0.05) is 43.2 Å². The molecular formula is C11H14N4S. The molecule has 0 bridgehead atoms. The monoisotopic (exact) mass is 234 g/mol. The molecule has 0 aliphatic carbocycles. The number of rotatable bonds is 2. The van der Waals surface area contributed by atoms with Crippen molar-refractivity contribution in [1.29, 1.82) is 0 Å². The smallest absolute Gasteiger partial charge is 0.151 e. The van der Waals surface area contributed by atoms with Gasteiger partial charge in [-0.3, -0.25) is 5.10 Å². The standard InChI is InChI=1S/C11H14N4S/c1-6-16-8-9(1)10-7-11(14-13-10)15-4-2-12-3-5-15/h1,6-8,12H,2-5H2,(H,13,14). The van der Waals surface area contributed by atoms with E-state index in [0.29, 0.717) is 0 Å². The zero-order valence-electron chi connectivity index (χ0n) is 8.94. The Morgan fingerprint density at radius 1 is 1.31 bits per heavy atom. The van der Waals surface area contributed by atoms with Gasteiger partial charge >= 0.3 is 0 Å². The van der Waals surface area contributed by atoms with Crippen LogP contribution in [0.2, 0.25) is 0 Å². The Kier molecular flexibility index (Phi) is 2.63. The lowest BCUT2D eigenvalue weighted by Crippen LogP contribution is -2.43. The van der Waals surface area contributed by atoms with Crippen LogP contribution < -0.4 is 10.2 Å². The zero-order chi connectivity index (χ0) is 10.8. The molecule has 0 saturated carbocycles. The molecule has 2 aromatic heterocycles. The first-order valence-corrected chi connectivity index (χ1v) is 6.41. The Morgan fingerprint density at radius 2 is 2.19 bits per heavy atom. The first-order valence-electron chi connectivity index (χ1n) is 5.47. The number of aromatic amines is 1. The van der Waals surface area contributed by atoms with Crippen LogP contribution in [0.4, 0.5) is 5.82 Å². The van der Waals surface area contributed by atoms with Gasteiger partial charge in [0.2, 0.25) is 0 Å². The van der Waals surface area contributed by atoms with Crippen molar-refractivity contribution in [2.75, 3.05) is 31.1 Å². The van der Waals surface area contributed by atoms with Crippen molar-refractivity contribution >= 4 is 17.2 Å². The lowest BCUT2D eigenvalue weighted by Gasteiger charge is -2.26. The minimum atomic E-state index is 1.04. The first-order chi connectivity index (χ1) is 7.93.